The van der Waals surface area contributed by atoms with Gasteiger partial charge in [-0.25, -0.2) is 0 Å². The first-order chi connectivity index (χ1) is 48.8. The summed E-state index contributed by atoms with van der Waals surface area (Å²) in [6.45, 7) is 1.58. The van der Waals surface area contributed by atoms with E-state index in [1.54, 1.807) is 6.08 Å². The maximum atomic E-state index is 13.4. The Balaban J connectivity index is 1.40. The fourth-order valence-electron chi connectivity index (χ4n) is 11.8. The first-order valence-electron chi connectivity index (χ1n) is 38.1. The van der Waals surface area contributed by atoms with E-state index in [9.17, 15) is 61.0 Å². The van der Waals surface area contributed by atoms with E-state index in [4.69, 9.17) is 28.4 Å². The summed E-state index contributed by atoms with van der Waals surface area (Å²) in [4.78, 5) is 13.4. The van der Waals surface area contributed by atoms with Crippen LogP contribution in [0.4, 0.5) is 0 Å². The molecule has 0 aromatic rings. The maximum Gasteiger partial charge on any atom is 0.220 e. The number of unbranched alkanes of at least 4 members (excludes halogenated alkanes) is 19. The second-order valence-corrected chi connectivity index (χ2v) is 26.4. The van der Waals surface area contributed by atoms with Crippen molar-refractivity contribution in [2.75, 3.05) is 26.4 Å². The molecule has 570 valence electrons. The molecule has 0 aliphatic carbocycles. The molecule has 0 bridgehead atoms. The number of ether oxygens (including phenoxy) is 6. The van der Waals surface area contributed by atoms with E-state index in [1.807, 2.05) is 6.08 Å². The summed E-state index contributed by atoms with van der Waals surface area (Å²) in [6, 6.07) is -1.00. The quantitative estimate of drug-likeness (QED) is 0.0199. The number of aliphatic hydroxyl groups is 11. The maximum absolute atomic E-state index is 13.4. The highest BCUT2D eigenvalue weighted by Crippen LogP contribution is 2.33. The zero-order valence-corrected chi connectivity index (χ0v) is 60.6. The van der Waals surface area contributed by atoms with Gasteiger partial charge in [-0.1, -0.05) is 262 Å². The lowest BCUT2D eigenvalue weighted by Gasteiger charge is -2.48. The third-order valence-corrected chi connectivity index (χ3v) is 17.9. The zero-order valence-electron chi connectivity index (χ0n) is 60.6. The van der Waals surface area contributed by atoms with Crippen LogP contribution >= 0.6 is 0 Å². The molecule has 3 aliphatic heterocycles. The summed E-state index contributed by atoms with van der Waals surface area (Å²) in [5, 5.41) is 121. The summed E-state index contributed by atoms with van der Waals surface area (Å²) < 4.78 is 34.4. The summed E-state index contributed by atoms with van der Waals surface area (Å²) in [5.74, 6) is -0.313. The lowest BCUT2D eigenvalue weighted by atomic mass is 9.96. The van der Waals surface area contributed by atoms with Crippen molar-refractivity contribution in [3.8, 4) is 0 Å². The van der Waals surface area contributed by atoms with Crippen LogP contribution in [0.1, 0.15) is 226 Å². The van der Waals surface area contributed by atoms with Gasteiger partial charge >= 0.3 is 0 Å². The number of aliphatic hydroxyl groups excluding tert-OH is 11. The molecular weight excluding hydrogens is 1270 g/mol. The van der Waals surface area contributed by atoms with Crippen molar-refractivity contribution < 1.29 is 89.4 Å². The van der Waals surface area contributed by atoms with Gasteiger partial charge < -0.3 is 89.9 Å². The molecule has 17 unspecified atom stereocenters. The third-order valence-electron chi connectivity index (χ3n) is 17.9. The molecule has 0 radical (unpaired) electrons. The van der Waals surface area contributed by atoms with E-state index in [-0.39, 0.29) is 18.9 Å². The van der Waals surface area contributed by atoms with E-state index < -0.39 is 124 Å². The van der Waals surface area contributed by atoms with Crippen LogP contribution in [0.5, 0.6) is 0 Å². The van der Waals surface area contributed by atoms with Gasteiger partial charge in [0.05, 0.1) is 38.6 Å². The summed E-state index contributed by atoms with van der Waals surface area (Å²) in [6.07, 6.45) is 59.6. The van der Waals surface area contributed by atoms with Crippen LogP contribution in [0.2, 0.25) is 0 Å². The lowest BCUT2D eigenvalue weighted by Crippen LogP contribution is -2.66. The Labute approximate surface area is 600 Å². The molecule has 19 heteroatoms. The molecule has 3 saturated heterocycles. The molecule has 0 spiro atoms. The zero-order chi connectivity index (χ0) is 72.5. The minimum Gasteiger partial charge on any atom is -0.394 e. The summed E-state index contributed by atoms with van der Waals surface area (Å²) in [7, 11) is 0. The van der Waals surface area contributed by atoms with Crippen LogP contribution in [0.25, 0.3) is 0 Å². The highest BCUT2D eigenvalue weighted by Gasteiger charge is 2.53. The fraction of sp³-hybridized carbons (Fsp3) is 0.691. The van der Waals surface area contributed by atoms with Gasteiger partial charge in [-0.05, 0) is 103 Å². The Morgan fingerprint density at radius 2 is 0.690 bits per heavy atom. The Bertz CT molecular complexity index is 2380. The highest BCUT2D eigenvalue weighted by molar-refractivity contribution is 5.76. The van der Waals surface area contributed by atoms with E-state index >= 15 is 0 Å². The van der Waals surface area contributed by atoms with E-state index in [1.165, 1.54) is 83.5 Å². The summed E-state index contributed by atoms with van der Waals surface area (Å²) in [5.41, 5.74) is 0. The highest BCUT2D eigenvalue weighted by atomic mass is 16.8. The molecule has 0 saturated carbocycles. The van der Waals surface area contributed by atoms with Crippen molar-refractivity contribution in [2.45, 2.75) is 330 Å². The molecule has 0 aromatic heterocycles. The van der Waals surface area contributed by atoms with Crippen LogP contribution in [-0.4, -0.2) is 193 Å². The molecule has 0 aromatic carbocycles. The number of nitrogens with one attached hydrogen (secondary N) is 1. The van der Waals surface area contributed by atoms with Crippen molar-refractivity contribution >= 4 is 5.91 Å². The first kappa shape index (κ1) is 89.9. The molecule has 19 nitrogen and oxygen atoms in total. The van der Waals surface area contributed by atoms with Crippen molar-refractivity contribution in [3.05, 3.63) is 146 Å². The molecule has 3 aliphatic rings. The topological polar surface area (TPSA) is 307 Å². The average molecular weight is 1410 g/mol. The summed E-state index contributed by atoms with van der Waals surface area (Å²) >= 11 is 0. The number of carbonyl (C=O) groups is 1. The fourth-order valence-corrected chi connectivity index (χ4v) is 11.8. The van der Waals surface area contributed by atoms with Crippen LogP contribution in [0.15, 0.2) is 146 Å². The van der Waals surface area contributed by atoms with Gasteiger partial charge in [-0.15, -0.1) is 0 Å². The van der Waals surface area contributed by atoms with Crippen molar-refractivity contribution in [3.63, 3.8) is 0 Å². The normalized spacial score (nSPS) is 27.3. The second-order valence-electron chi connectivity index (χ2n) is 26.4. The number of carbonyl (C=O) groups excluding carboxylic acids is 1. The largest absolute Gasteiger partial charge is 0.394 e. The predicted molar refractivity (Wildman–Crippen MR) is 396 cm³/mol. The van der Waals surface area contributed by atoms with E-state index in [2.05, 4.69) is 153 Å². The van der Waals surface area contributed by atoms with Crippen LogP contribution < -0.4 is 5.32 Å². The van der Waals surface area contributed by atoms with Crippen LogP contribution in [-0.2, 0) is 33.2 Å². The van der Waals surface area contributed by atoms with Gasteiger partial charge in [0.25, 0.3) is 0 Å². The van der Waals surface area contributed by atoms with Gasteiger partial charge in [0, 0.05) is 6.42 Å². The monoisotopic (exact) mass is 1410 g/mol. The number of hydrogen-bond acceptors (Lipinski definition) is 18. The number of amides is 1. The van der Waals surface area contributed by atoms with Gasteiger partial charge in [0.1, 0.15) is 73.2 Å². The Morgan fingerprint density at radius 3 is 1.08 bits per heavy atom. The van der Waals surface area contributed by atoms with Crippen LogP contribution in [0, 0.1) is 0 Å². The molecular formula is C81H133NO18. The Kier molecular flexibility index (Phi) is 53.9. The second kappa shape index (κ2) is 60.0. The number of allylic oxidation sites excluding steroid dienone is 23. The Hall–Kier alpha value is -4.33. The minimum atomic E-state index is -1.99. The Morgan fingerprint density at radius 1 is 0.370 bits per heavy atom. The van der Waals surface area contributed by atoms with Crippen LogP contribution in [0.3, 0.4) is 0 Å². The first-order valence-corrected chi connectivity index (χ1v) is 38.1. The van der Waals surface area contributed by atoms with Gasteiger partial charge in [0.2, 0.25) is 5.91 Å². The average Bonchev–Trinajstić information content (AvgIpc) is 0.783. The van der Waals surface area contributed by atoms with Crippen molar-refractivity contribution in [1.82, 2.24) is 5.32 Å². The molecule has 1 amide bonds. The SMILES string of the molecule is CC/C=C\C/C=C\C/C=C\C/C=C\C/C=C\C/C=C\C/C=C\C/C=C\C/C=C\C/C=C\C/C=C\CCCCCC(=O)NC(COC1OC(CO)C(OC2OC(CO)C(OC3OC(CO)C(O)C(O)C3O)C(O)C2O)C(O)C1O)C(O)/C=C/CCCCCCCCCCCCCCCCCC. The van der Waals surface area contributed by atoms with Gasteiger partial charge in [0.15, 0.2) is 18.9 Å². The molecule has 3 rings (SSSR count). The van der Waals surface area contributed by atoms with E-state index in [0.29, 0.717) is 6.42 Å². The molecule has 17 atom stereocenters. The minimum absolute atomic E-state index is 0.194. The molecule has 100 heavy (non-hydrogen) atoms. The number of hydrogen-bond donors (Lipinski definition) is 12. The van der Waals surface area contributed by atoms with Gasteiger partial charge in [-0.3, -0.25) is 4.79 Å². The van der Waals surface area contributed by atoms with Crippen molar-refractivity contribution in [1.29, 1.82) is 0 Å². The molecule has 12 N–H and O–H groups in total. The standard InChI is InChI=1S/C81H133NO18/c1-3-5-7-9-11-13-15-17-19-21-23-24-25-26-27-28-29-30-31-32-33-34-35-36-37-38-39-40-41-43-45-47-49-51-53-55-57-59-69(87)82-64(65(86)58-56-54-52-50-48-46-44-42-22-20-18-16-14-12-10-8-6-4-2)63-95-79-75(93)72(90)77(67(61-84)97-79)100-81-76(94)73(91)78(68(62-85)98-81)99-80-74(92)71(89)70(88)66(60-83)96-80/h5,7,11,13,17,19,23-24,26-27,29-30,32-33,35-36,38-39,41,43,47,49,56,58,64-68,70-81,83-86,88-94H,3-4,6,8-10,12,14-16,18,20-22,25,28,31,34,37,40,42,44-46,48,50-55,57,59-63H2,1-2H3,(H,82,87)/b7-5-,13-11-,19-17-,24-23-,27-26-,30-29-,33-32-,36-35-,39-38-,43-41-,49-47-,58-56+. The molecule has 3 fully saturated rings. The third kappa shape index (κ3) is 40.1. The smallest absolute Gasteiger partial charge is 0.220 e. The number of rotatable bonds is 57. The molecule has 3 heterocycles. The van der Waals surface area contributed by atoms with Crippen molar-refractivity contribution in [2.24, 2.45) is 0 Å². The van der Waals surface area contributed by atoms with Gasteiger partial charge in [-0.2, -0.15) is 0 Å². The predicted octanol–water partition coefficient (Wildman–Crippen LogP) is 11.9. The lowest BCUT2D eigenvalue weighted by molar-refractivity contribution is -0.379. The van der Waals surface area contributed by atoms with E-state index in [0.717, 1.165) is 116 Å².